The lowest BCUT2D eigenvalue weighted by molar-refractivity contribution is 0.0576. The van der Waals surface area contributed by atoms with Crippen LogP contribution in [0.1, 0.15) is 12.8 Å². The predicted molar refractivity (Wildman–Crippen MR) is 74.4 cm³/mol. The molecule has 1 saturated heterocycles. The fourth-order valence-corrected chi connectivity index (χ4v) is 2.77. The third-order valence-corrected chi connectivity index (χ3v) is 3.90. The normalized spacial score (nSPS) is 20.2. The number of halogens is 1. The molecule has 1 aliphatic heterocycles. The second-order valence-corrected chi connectivity index (χ2v) is 5.41. The van der Waals surface area contributed by atoms with Gasteiger partial charge in [0, 0.05) is 20.2 Å². The first-order valence-corrected chi connectivity index (χ1v) is 6.78. The number of ether oxygens (including phenoxy) is 1. The minimum absolute atomic E-state index is 0.0812. The number of H-pyrrole nitrogens is 1. The van der Waals surface area contributed by atoms with E-state index in [9.17, 15) is 4.79 Å². The topological polar surface area (TPSA) is 58.2 Å². The fraction of sp³-hybridized carbons (Fsp3) is 0.636. The largest absolute Gasteiger partial charge is 0.381 e. The Morgan fingerprint density at radius 3 is 3.24 bits per heavy atom. The molecule has 1 N–H and O–H groups in total. The second-order valence-electron chi connectivity index (χ2n) is 4.33. The summed E-state index contributed by atoms with van der Waals surface area (Å²) in [6.45, 7) is 2.57. The van der Waals surface area contributed by atoms with Gasteiger partial charge in [-0.25, -0.2) is 4.98 Å². The molecule has 0 bridgehead atoms. The van der Waals surface area contributed by atoms with E-state index in [1.165, 1.54) is 12.7 Å². The Kier molecular flexibility index (Phi) is 4.38. The van der Waals surface area contributed by atoms with Crippen LogP contribution >= 0.6 is 22.6 Å². The van der Waals surface area contributed by atoms with Crippen LogP contribution in [0.25, 0.3) is 0 Å². The molecule has 1 aliphatic rings. The molecular weight excluding hydrogens is 333 g/mol. The molecule has 94 valence electrons. The molecule has 2 heterocycles. The molecule has 1 aromatic heterocycles. The minimum Gasteiger partial charge on any atom is -0.381 e. The van der Waals surface area contributed by atoms with E-state index in [1.807, 2.05) is 34.5 Å². The van der Waals surface area contributed by atoms with Crippen LogP contribution in [0.3, 0.4) is 0 Å². The highest BCUT2D eigenvalue weighted by Crippen LogP contribution is 2.19. The van der Waals surface area contributed by atoms with Crippen LogP contribution in [-0.2, 0) is 4.74 Å². The molecule has 1 unspecified atom stereocenters. The molecule has 0 aromatic carbocycles. The molecule has 2 rings (SSSR count). The summed E-state index contributed by atoms with van der Waals surface area (Å²) in [5, 5.41) is 0. The highest BCUT2D eigenvalue weighted by atomic mass is 127. The summed E-state index contributed by atoms with van der Waals surface area (Å²) < 4.78 is 6.10. The fourth-order valence-electron chi connectivity index (χ4n) is 2.06. The smallest absolute Gasteiger partial charge is 0.266 e. The van der Waals surface area contributed by atoms with Gasteiger partial charge in [0.2, 0.25) is 0 Å². The first-order valence-electron chi connectivity index (χ1n) is 5.70. The number of aromatic amines is 1. The Morgan fingerprint density at radius 1 is 1.71 bits per heavy atom. The average Bonchev–Trinajstić information content (AvgIpc) is 2.34. The summed E-state index contributed by atoms with van der Waals surface area (Å²) in [6, 6.07) is 0. The molecule has 1 aromatic rings. The van der Waals surface area contributed by atoms with Gasteiger partial charge in [-0.15, -0.1) is 0 Å². The number of nitrogens with zero attached hydrogens (tertiary/aromatic N) is 2. The van der Waals surface area contributed by atoms with E-state index in [2.05, 4.69) is 9.97 Å². The first-order chi connectivity index (χ1) is 8.18. The zero-order valence-electron chi connectivity index (χ0n) is 9.78. The number of rotatable bonds is 3. The molecule has 1 fully saturated rings. The maximum atomic E-state index is 11.5. The van der Waals surface area contributed by atoms with Crippen molar-refractivity contribution in [1.82, 2.24) is 9.97 Å². The number of hydrogen-bond acceptors (Lipinski definition) is 4. The van der Waals surface area contributed by atoms with Gasteiger partial charge in [0.1, 0.15) is 9.39 Å². The molecule has 6 heteroatoms. The van der Waals surface area contributed by atoms with Crippen molar-refractivity contribution in [3.8, 4) is 0 Å². The van der Waals surface area contributed by atoms with E-state index in [1.54, 1.807) is 0 Å². The Hall–Kier alpha value is -0.630. The lowest BCUT2D eigenvalue weighted by Crippen LogP contribution is -2.32. The summed E-state index contributed by atoms with van der Waals surface area (Å²) in [6.07, 6.45) is 3.76. The van der Waals surface area contributed by atoms with Crippen molar-refractivity contribution in [2.75, 3.05) is 31.7 Å². The zero-order chi connectivity index (χ0) is 12.3. The SMILES string of the molecule is CN(CC1CCCOC1)c1nc[nH]c(=O)c1I. The van der Waals surface area contributed by atoms with Crippen LogP contribution in [0.5, 0.6) is 0 Å². The molecule has 17 heavy (non-hydrogen) atoms. The number of aromatic nitrogens is 2. The van der Waals surface area contributed by atoms with Crippen molar-refractivity contribution in [1.29, 1.82) is 0 Å². The van der Waals surface area contributed by atoms with E-state index in [0.717, 1.165) is 32.0 Å². The van der Waals surface area contributed by atoms with E-state index in [4.69, 9.17) is 4.74 Å². The summed E-state index contributed by atoms with van der Waals surface area (Å²) in [5.41, 5.74) is -0.0812. The maximum absolute atomic E-state index is 11.5. The number of anilines is 1. The van der Waals surface area contributed by atoms with E-state index in [-0.39, 0.29) is 5.56 Å². The summed E-state index contributed by atoms with van der Waals surface area (Å²) in [5.74, 6) is 1.28. The summed E-state index contributed by atoms with van der Waals surface area (Å²) in [4.78, 5) is 20.3. The molecule has 0 saturated carbocycles. The van der Waals surface area contributed by atoms with Gasteiger partial charge in [0.05, 0.1) is 12.9 Å². The standard InChI is InChI=1S/C11H16IN3O2/c1-15(5-8-3-2-4-17-6-8)10-9(12)11(16)14-7-13-10/h7-8H,2-6H2,1H3,(H,13,14,16). The van der Waals surface area contributed by atoms with Crippen LogP contribution < -0.4 is 10.5 Å². The van der Waals surface area contributed by atoms with E-state index < -0.39 is 0 Å². The second kappa shape index (κ2) is 5.81. The van der Waals surface area contributed by atoms with Crippen molar-refractivity contribution in [3.05, 3.63) is 20.3 Å². The molecule has 1 atom stereocenters. The highest BCUT2D eigenvalue weighted by Gasteiger charge is 2.18. The third kappa shape index (κ3) is 3.19. The molecular formula is C11H16IN3O2. The Labute approximate surface area is 114 Å². The van der Waals surface area contributed by atoms with Gasteiger partial charge in [-0.1, -0.05) is 0 Å². The zero-order valence-corrected chi connectivity index (χ0v) is 11.9. The maximum Gasteiger partial charge on any atom is 0.266 e. The van der Waals surface area contributed by atoms with E-state index >= 15 is 0 Å². The van der Waals surface area contributed by atoms with Crippen LogP contribution in [0.15, 0.2) is 11.1 Å². The van der Waals surface area contributed by atoms with Crippen LogP contribution in [-0.4, -0.2) is 36.8 Å². The van der Waals surface area contributed by atoms with Crippen molar-refractivity contribution in [2.45, 2.75) is 12.8 Å². The molecule has 0 radical (unpaired) electrons. The molecule has 0 aliphatic carbocycles. The van der Waals surface area contributed by atoms with Gasteiger partial charge in [-0.2, -0.15) is 0 Å². The predicted octanol–water partition coefficient (Wildman–Crippen LogP) is 1.24. The Balaban J connectivity index is 2.06. The van der Waals surface area contributed by atoms with Gasteiger partial charge in [-0.05, 0) is 41.4 Å². The summed E-state index contributed by atoms with van der Waals surface area (Å²) in [7, 11) is 1.97. The highest BCUT2D eigenvalue weighted by molar-refractivity contribution is 14.1. The van der Waals surface area contributed by atoms with Crippen LogP contribution in [0, 0.1) is 9.49 Å². The van der Waals surface area contributed by atoms with Gasteiger partial charge in [-0.3, -0.25) is 4.79 Å². The van der Waals surface area contributed by atoms with Crippen molar-refractivity contribution in [3.63, 3.8) is 0 Å². The van der Waals surface area contributed by atoms with Crippen molar-refractivity contribution >= 4 is 28.4 Å². The number of nitrogens with one attached hydrogen (secondary N) is 1. The summed E-state index contributed by atoms with van der Waals surface area (Å²) >= 11 is 2.04. The average molecular weight is 349 g/mol. The molecule has 5 nitrogen and oxygen atoms in total. The molecule has 0 spiro atoms. The third-order valence-electron chi connectivity index (χ3n) is 2.93. The van der Waals surface area contributed by atoms with Gasteiger partial charge >= 0.3 is 0 Å². The monoisotopic (exact) mass is 349 g/mol. The Morgan fingerprint density at radius 2 is 2.53 bits per heavy atom. The quantitative estimate of drug-likeness (QED) is 0.835. The van der Waals surface area contributed by atoms with Crippen LogP contribution in [0.2, 0.25) is 0 Å². The van der Waals surface area contributed by atoms with Gasteiger partial charge in [0.15, 0.2) is 0 Å². The van der Waals surface area contributed by atoms with Crippen LogP contribution in [0.4, 0.5) is 5.82 Å². The lowest BCUT2D eigenvalue weighted by Gasteiger charge is -2.27. The minimum atomic E-state index is -0.0812. The van der Waals surface area contributed by atoms with Crippen molar-refractivity contribution in [2.24, 2.45) is 5.92 Å². The first kappa shape index (κ1) is 12.8. The Bertz CT molecular complexity index is 429. The van der Waals surface area contributed by atoms with E-state index in [0.29, 0.717) is 9.49 Å². The number of hydrogen-bond donors (Lipinski definition) is 1. The molecule has 0 amide bonds. The van der Waals surface area contributed by atoms with Crippen molar-refractivity contribution < 1.29 is 4.74 Å². The van der Waals surface area contributed by atoms with Gasteiger partial charge < -0.3 is 14.6 Å². The lowest BCUT2D eigenvalue weighted by atomic mass is 10.0. The van der Waals surface area contributed by atoms with Gasteiger partial charge in [0.25, 0.3) is 5.56 Å².